The second-order valence-electron chi connectivity index (χ2n) is 14.6. The number of nitrogens with one attached hydrogen (secondary N) is 1. The lowest BCUT2D eigenvalue weighted by Crippen LogP contribution is -2.45. The van der Waals surface area contributed by atoms with Gasteiger partial charge in [-0.1, -0.05) is 134 Å². The fourth-order valence-corrected chi connectivity index (χ4v) is 6.06. The minimum atomic E-state index is -4.59. The summed E-state index contributed by atoms with van der Waals surface area (Å²) in [6.07, 6.45) is 37.6. The minimum Gasteiger partial charge on any atom is -0.756 e. The number of allylic oxidation sites excluding steroid dienone is 5. The summed E-state index contributed by atoms with van der Waals surface area (Å²) in [5.41, 5.74) is 0. The molecular formula is C40H77N2O6P. The SMILES string of the molecule is CCCCCCCC/C=C\CCCCCC(=O)NC(COP(=O)([O-])OCC[N+](C)(C)C)C(O)/C=C/CC/C=C/CCCCCCCCCC. The van der Waals surface area contributed by atoms with Gasteiger partial charge < -0.3 is 28.8 Å². The number of aliphatic hydroxyl groups is 1. The number of amides is 1. The lowest BCUT2D eigenvalue weighted by Gasteiger charge is -2.29. The summed E-state index contributed by atoms with van der Waals surface area (Å²) >= 11 is 0. The van der Waals surface area contributed by atoms with Crippen molar-refractivity contribution in [1.29, 1.82) is 0 Å². The zero-order valence-electron chi connectivity index (χ0n) is 32.4. The van der Waals surface area contributed by atoms with Crippen LogP contribution in [0.3, 0.4) is 0 Å². The van der Waals surface area contributed by atoms with E-state index in [1.165, 1.54) is 89.9 Å². The van der Waals surface area contributed by atoms with Crippen LogP contribution in [0.15, 0.2) is 36.5 Å². The van der Waals surface area contributed by atoms with E-state index in [0.29, 0.717) is 17.4 Å². The van der Waals surface area contributed by atoms with Gasteiger partial charge in [0.2, 0.25) is 5.91 Å². The molecule has 0 radical (unpaired) electrons. The monoisotopic (exact) mass is 713 g/mol. The highest BCUT2D eigenvalue weighted by Crippen LogP contribution is 2.38. The van der Waals surface area contributed by atoms with Crippen LogP contribution in [0.2, 0.25) is 0 Å². The van der Waals surface area contributed by atoms with E-state index < -0.39 is 26.6 Å². The lowest BCUT2D eigenvalue weighted by atomic mass is 10.1. The Morgan fingerprint density at radius 2 is 1.14 bits per heavy atom. The van der Waals surface area contributed by atoms with E-state index in [4.69, 9.17) is 9.05 Å². The normalized spacial score (nSPS) is 15.0. The van der Waals surface area contributed by atoms with Crippen LogP contribution in [0.25, 0.3) is 0 Å². The van der Waals surface area contributed by atoms with E-state index in [2.05, 4.69) is 43.5 Å². The number of unbranched alkanes of at least 4 members (excludes halogenated alkanes) is 18. The molecule has 0 bridgehead atoms. The van der Waals surface area contributed by atoms with E-state index in [1.54, 1.807) is 6.08 Å². The molecule has 8 nitrogen and oxygen atoms in total. The molecule has 0 aliphatic heterocycles. The van der Waals surface area contributed by atoms with Gasteiger partial charge >= 0.3 is 0 Å². The largest absolute Gasteiger partial charge is 0.756 e. The first kappa shape index (κ1) is 47.7. The molecule has 1 amide bonds. The Morgan fingerprint density at radius 1 is 0.694 bits per heavy atom. The number of hydrogen-bond donors (Lipinski definition) is 2. The Morgan fingerprint density at radius 3 is 1.65 bits per heavy atom. The lowest BCUT2D eigenvalue weighted by molar-refractivity contribution is -0.870. The molecule has 9 heteroatoms. The summed E-state index contributed by atoms with van der Waals surface area (Å²) in [5.74, 6) is -0.227. The number of carbonyl (C=O) groups is 1. The average Bonchev–Trinajstić information content (AvgIpc) is 3.04. The molecule has 49 heavy (non-hydrogen) atoms. The van der Waals surface area contributed by atoms with Crippen LogP contribution in [0.1, 0.15) is 162 Å². The standard InChI is InChI=1S/C40H77N2O6P/c1-6-8-10-12-14-16-18-20-22-23-25-27-29-31-33-39(43)38(37-48-49(45,46)47-36-35-42(3,4)5)41-40(44)34-32-30-28-26-24-21-19-17-15-13-11-9-7-2/h21,23-25,31,33,38-39,43H,6-20,22,26-30,32,34-37H2,1-5H3,(H-,41,44,45,46)/b24-21-,25-23+,33-31+. The number of phosphoric ester groups is 1. The Balaban J connectivity index is 4.61. The van der Waals surface area contributed by atoms with E-state index in [-0.39, 0.29) is 12.5 Å². The van der Waals surface area contributed by atoms with Crippen molar-refractivity contribution in [2.24, 2.45) is 0 Å². The average molecular weight is 713 g/mol. The number of quaternary nitrogens is 1. The van der Waals surface area contributed by atoms with Gasteiger partial charge in [-0.25, -0.2) is 0 Å². The molecule has 0 aliphatic rings. The molecule has 0 aromatic rings. The third-order valence-corrected chi connectivity index (χ3v) is 9.54. The van der Waals surface area contributed by atoms with Crippen molar-refractivity contribution in [3.05, 3.63) is 36.5 Å². The van der Waals surface area contributed by atoms with E-state index in [0.717, 1.165) is 51.4 Å². The molecule has 0 saturated heterocycles. The smallest absolute Gasteiger partial charge is 0.268 e. The van der Waals surface area contributed by atoms with Gasteiger partial charge in [0.1, 0.15) is 13.2 Å². The molecule has 0 heterocycles. The summed E-state index contributed by atoms with van der Waals surface area (Å²) < 4.78 is 23.1. The Kier molecular flexibility index (Phi) is 31.8. The fourth-order valence-electron chi connectivity index (χ4n) is 5.34. The van der Waals surface area contributed by atoms with Crippen LogP contribution in [0.5, 0.6) is 0 Å². The molecule has 0 spiro atoms. The van der Waals surface area contributed by atoms with Crippen LogP contribution < -0.4 is 10.2 Å². The summed E-state index contributed by atoms with van der Waals surface area (Å²) in [6, 6.07) is -0.907. The van der Waals surface area contributed by atoms with Crippen molar-refractivity contribution in [2.75, 3.05) is 40.9 Å². The summed E-state index contributed by atoms with van der Waals surface area (Å²) in [7, 11) is 1.23. The Hall–Kier alpha value is -1.28. The highest BCUT2D eigenvalue weighted by atomic mass is 31.2. The van der Waals surface area contributed by atoms with Crippen molar-refractivity contribution in [1.82, 2.24) is 5.32 Å². The molecule has 2 N–H and O–H groups in total. The topological polar surface area (TPSA) is 108 Å². The van der Waals surface area contributed by atoms with E-state index >= 15 is 0 Å². The van der Waals surface area contributed by atoms with Gasteiger partial charge in [0, 0.05) is 6.42 Å². The Labute approximate surface area is 302 Å². The molecule has 0 saturated carbocycles. The van der Waals surface area contributed by atoms with Crippen LogP contribution in [0.4, 0.5) is 0 Å². The Bertz CT molecular complexity index is 902. The van der Waals surface area contributed by atoms with Gasteiger partial charge in [-0.15, -0.1) is 0 Å². The first-order chi connectivity index (χ1) is 23.5. The summed E-state index contributed by atoms with van der Waals surface area (Å²) in [4.78, 5) is 25.1. The number of nitrogens with zero attached hydrogens (tertiary/aromatic N) is 1. The van der Waals surface area contributed by atoms with Gasteiger partial charge in [0.15, 0.2) is 0 Å². The molecule has 0 aromatic carbocycles. The first-order valence-electron chi connectivity index (χ1n) is 19.9. The van der Waals surface area contributed by atoms with E-state index in [1.807, 2.05) is 27.2 Å². The second-order valence-corrected chi connectivity index (χ2v) is 16.0. The number of aliphatic hydroxyl groups excluding tert-OH is 1. The maximum absolute atomic E-state index is 12.8. The molecule has 288 valence electrons. The number of carbonyl (C=O) groups excluding carboxylic acids is 1. The predicted octanol–water partition coefficient (Wildman–Crippen LogP) is 9.72. The van der Waals surface area contributed by atoms with Crippen molar-refractivity contribution < 1.29 is 32.9 Å². The van der Waals surface area contributed by atoms with Gasteiger partial charge in [-0.05, 0) is 57.8 Å². The van der Waals surface area contributed by atoms with Crippen molar-refractivity contribution in [3.63, 3.8) is 0 Å². The zero-order chi connectivity index (χ0) is 36.5. The van der Waals surface area contributed by atoms with Crippen molar-refractivity contribution in [2.45, 2.75) is 174 Å². The summed E-state index contributed by atoms with van der Waals surface area (Å²) in [5, 5.41) is 13.7. The van der Waals surface area contributed by atoms with Crippen LogP contribution in [-0.2, 0) is 18.4 Å². The maximum atomic E-state index is 12.8. The van der Waals surface area contributed by atoms with E-state index in [9.17, 15) is 19.4 Å². The molecule has 3 atom stereocenters. The third-order valence-electron chi connectivity index (χ3n) is 8.57. The third kappa shape index (κ3) is 34.9. The van der Waals surface area contributed by atoms with Gasteiger partial charge in [-0.2, -0.15) is 0 Å². The van der Waals surface area contributed by atoms with Crippen LogP contribution in [-0.4, -0.2) is 68.5 Å². The fraction of sp³-hybridized carbons (Fsp3) is 0.825. The number of phosphoric acid groups is 1. The molecule has 0 aliphatic carbocycles. The molecule has 0 aromatic heterocycles. The highest BCUT2D eigenvalue weighted by molar-refractivity contribution is 7.45. The van der Waals surface area contributed by atoms with Gasteiger partial charge in [-0.3, -0.25) is 9.36 Å². The summed E-state index contributed by atoms with van der Waals surface area (Å²) in [6.45, 7) is 4.57. The minimum absolute atomic E-state index is 0.00936. The molecule has 0 rings (SSSR count). The van der Waals surface area contributed by atoms with Crippen molar-refractivity contribution in [3.8, 4) is 0 Å². The maximum Gasteiger partial charge on any atom is 0.268 e. The molecular weight excluding hydrogens is 635 g/mol. The zero-order valence-corrected chi connectivity index (χ0v) is 33.3. The molecule has 3 unspecified atom stereocenters. The second kappa shape index (κ2) is 32.6. The quantitative estimate of drug-likeness (QED) is 0.0293. The van der Waals surface area contributed by atoms with Crippen LogP contribution in [0, 0.1) is 0 Å². The van der Waals surface area contributed by atoms with Crippen LogP contribution >= 0.6 is 7.82 Å². The van der Waals surface area contributed by atoms with Crippen molar-refractivity contribution >= 4 is 13.7 Å². The predicted molar refractivity (Wildman–Crippen MR) is 205 cm³/mol. The number of likely N-dealkylation sites (N-methyl/N-ethyl adjacent to an activating group) is 1. The number of hydrogen-bond acceptors (Lipinski definition) is 6. The highest BCUT2D eigenvalue weighted by Gasteiger charge is 2.23. The first-order valence-corrected chi connectivity index (χ1v) is 21.3. The number of rotatable bonds is 35. The molecule has 0 fully saturated rings. The van der Waals surface area contributed by atoms with Gasteiger partial charge in [0.05, 0.1) is 39.9 Å². The van der Waals surface area contributed by atoms with Gasteiger partial charge in [0.25, 0.3) is 7.82 Å².